The minimum absolute atomic E-state index is 0.0383. The maximum atomic E-state index is 13.1. The molecule has 0 unspecified atom stereocenters. The van der Waals surface area contributed by atoms with Crippen molar-refractivity contribution in [1.29, 1.82) is 0 Å². The molecule has 0 aliphatic rings. The molecule has 0 fully saturated rings. The molecule has 0 spiro atoms. The van der Waals surface area contributed by atoms with Gasteiger partial charge in [-0.05, 0) is 83.6 Å². The first-order valence-electron chi connectivity index (χ1n) is 15.4. The molecule has 0 saturated carbocycles. The quantitative estimate of drug-likeness (QED) is 0.0753. The summed E-state index contributed by atoms with van der Waals surface area (Å²) in [6, 6.07) is 23.3. The zero-order valence-corrected chi connectivity index (χ0v) is 28.9. The molecule has 0 heterocycles. The van der Waals surface area contributed by atoms with Crippen molar-refractivity contribution in [1.82, 2.24) is 0 Å². The van der Waals surface area contributed by atoms with Gasteiger partial charge in [0.2, 0.25) is 0 Å². The fourth-order valence-corrected chi connectivity index (χ4v) is 6.46. The molecule has 6 aromatic rings. The maximum Gasteiger partial charge on any atom is 0.314 e. The molecule has 4 amide bonds. The molecule has 18 heteroatoms. The molecule has 0 saturated heterocycles. The van der Waals surface area contributed by atoms with Crippen LogP contribution in [0.4, 0.5) is 22.7 Å². The third-order valence-electron chi connectivity index (χ3n) is 7.88. The smallest absolute Gasteiger partial charge is 0.314 e. The van der Waals surface area contributed by atoms with Crippen LogP contribution in [-0.4, -0.2) is 59.8 Å². The van der Waals surface area contributed by atoms with Crippen LogP contribution in [0, 0.1) is 0 Å². The van der Waals surface area contributed by atoms with Crippen LogP contribution in [0.25, 0.3) is 21.5 Å². The molecule has 0 aliphatic heterocycles. The van der Waals surface area contributed by atoms with Gasteiger partial charge >= 0.3 is 11.8 Å². The number of phenolic OH excluding ortho intramolecular Hbond substituents is 2. The lowest BCUT2D eigenvalue weighted by Gasteiger charge is -2.12. The number of rotatable bonds is 8. The van der Waals surface area contributed by atoms with Gasteiger partial charge in [0, 0.05) is 45.4 Å². The van der Waals surface area contributed by atoms with Gasteiger partial charge in [-0.15, -0.1) is 0 Å². The number of hydrogen-bond acceptors (Lipinski definition) is 10. The number of carbonyl (C=O) groups excluding carboxylic acids is 4. The average molecular weight is 771 g/mol. The van der Waals surface area contributed by atoms with E-state index in [-0.39, 0.29) is 56.1 Å². The highest BCUT2D eigenvalue weighted by Crippen LogP contribution is 2.32. The Kier molecular flexibility index (Phi) is 9.76. The van der Waals surface area contributed by atoms with Gasteiger partial charge in [-0.3, -0.25) is 28.3 Å². The van der Waals surface area contributed by atoms with E-state index in [1.165, 1.54) is 84.9 Å². The Labute approximate surface area is 305 Å². The van der Waals surface area contributed by atoms with Crippen molar-refractivity contribution >= 4 is 88.2 Å². The van der Waals surface area contributed by atoms with Crippen LogP contribution < -0.4 is 21.3 Å². The fourth-order valence-electron chi connectivity index (χ4n) is 5.43. The SMILES string of the molecule is O=C(Nc1cccc(C(=O)Nc2cc(O)cc3cc(S(=O)(=O)O)ccc23)c1)C(=O)Nc1cccc(C(=O)Nc2cc(O)cc3cc(S(=O)(=O)O)ccc23)c1. The van der Waals surface area contributed by atoms with Crippen molar-refractivity contribution in [2.45, 2.75) is 9.79 Å². The van der Waals surface area contributed by atoms with Crippen molar-refractivity contribution in [2.75, 3.05) is 21.3 Å². The summed E-state index contributed by atoms with van der Waals surface area (Å²) in [7, 11) is -9.05. The summed E-state index contributed by atoms with van der Waals surface area (Å²) in [5.41, 5.74) is 0.443. The number of phenols is 2. The van der Waals surface area contributed by atoms with Crippen LogP contribution in [0.1, 0.15) is 20.7 Å². The number of fused-ring (bicyclic) bond motifs is 2. The van der Waals surface area contributed by atoms with Crippen molar-refractivity contribution < 1.29 is 55.3 Å². The molecule has 16 nitrogen and oxygen atoms in total. The molecule has 274 valence electrons. The van der Waals surface area contributed by atoms with Gasteiger partial charge in [-0.1, -0.05) is 24.3 Å². The number of benzene rings is 6. The first-order chi connectivity index (χ1) is 25.4. The van der Waals surface area contributed by atoms with Crippen LogP contribution in [0.2, 0.25) is 0 Å². The van der Waals surface area contributed by atoms with Crippen LogP contribution in [0.15, 0.2) is 119 Å². The number of nitrogens with one attached hydrogen (secondary N) is 4. The van der Waals surface area contributed by atoms with Gasteiger partial charge in [-0.2, -0.15) is 16.8 Å². The molecule has 6 aromatic carbocycles. The summed E-state index contributed by atoms with van der Waals surface area (Å²) in [6.07, 6.45) is 0. The van der Waals surface area contributed by atoms with E-state index >= 15 is 0 Å². The lowest BCUT2D eigenvalue weighted by molar-refractivity contribution is -0.132. The molecule has 8 N–H and O–H groups in total. The first kappa shape index (κ1) is 36.9. The molecule has 6 rings (SSSR count). The summed E-state index contributed by atoms with van der Waals surface area (Å²) in [5.74, 6) is -4.20. The second kappa shape index (κ2) is 14.3. The van der Waals surface area contributed by atoms with Gasteiger partial charge in [-0.25, -0.2) is 0 Å². The van der Waals surface area contributed by atoms with E-state index in [0.717, 1.165) is 24.3 Å². The van der Waals surface area contributed by atoms with E-state index < -0.39 is 53.7 Å². The molecule has 0 aromatic heterocycles. The Balaban J connectivity index is 1.12. The van der Waals surface area contributed by atoms with E-state index in [0.29, 0.717) is 10.8 Å². The second-order valence-electron chi connectivity index (χ2n) is 11.7. The van der Waals surface area contributed by atoms with Crippen molar-refractivity contribution in [3.05, 3.63) is 120 Å². The first-order valence-corrected chi connectivity index (χ1v) is 18.3. The van der Waals surface area contributed by atoms with Gasteiger partial charge in [0.25, 0.3) is 32.1 Å². The lowest BCUT2D eigenvalue weighted by atomic mass is 10.1. The highest BCUT2D eigenvalue weighted by molar-refractivity contribution is 7.86. The van der Waals surface area contributed by atoms with Gasteiger partial charge < -0.3 is 31.5 Å². The zero-order valence-electron chi connectivity index (χ0n) is 27.3. The number of aromatic hydroxyl groups is 2. The minimum Gasteiger partial charge on any atom is -0.508 e. The van der Waals surface area contributed by atoms with Crippen LogP contribution in [0.5, 0.6) is 11.5 Å². The number of hydrogen-bond donors (Lipinski definition) is 8. The highest BCUT2D eigenvalue weighted by Gasteiger charge is 2.19. The maximum absolute atomic E-state index is 13.1. The highest BCUT2D eigenvalue weighted by atomic mass is 32.2. The van der Waals surface area contributed by atoms with Crippen molar-refractivity contribution in [3.8, 4) is 11.5 Å². The Morgan fingerprint density at radius 1 is 0.463 bits per heavy atom. The number of amides is 4. The third-order valence-corrected chi connectivity index (χ3v) is 9.58. The second-order valence-corrected chi connectivity index (χ2v) is 14.5. The molecule has 54 heavy (non-hydrogen) atoms. The van der Waals surface area contributed by atoms with E-state index in [1.807, 2.05) is 0 Å². The van der Waals surface area contributed by atoms with E-state index in [2.05, 4.69) is 21.3 Å². The van der Waals surface area contributed by atoms with Gasteiger partial charge in [0.05, 0.1) is 21.2 Å². The average Bonchev–Trinajstić information content (AvgIpc) is 3.10. The standard InChI is InChI=1S/C36H26N4O12S2/c41-25-13-21-15-27(53(47,48)49)7-9-29(21)31(17-25)39-33(43)19-3-1-5-23(11-19)37-35(45)36(46)38-24-6-2-4-20(12-24)34(44)40-32-18-26(42)14-22-16-28(54(50,51)52)8-10-30(22)32/h1-18,41-42H,(H,37,45)(H,38,46)(H,39,43)(H,40,44)(H,47,48,49)(H,50,51,52). The van der Waals surface area contributed by atoms with Gasteiger partial charge in [0.1, 0.15) is 11.5 Å². The molecule has 0 bridgehead atoms. The zero-order chi connectivity index (χ0) is 38.9. The Hall–Kier alpha value is -6.86. The lowest BCUT2D eigenvalue weighted by Crippen LogP contribution is -2.29. The van der Waals surface area contributed by atoms with Crippen LogP contribution in [0.3, 0.4) is 0 Å². The fraction of sp³-hybridized carbons (Fsp3) is 0. The van der Waals surface area contributed by atoms with E-state index in [4.69, 9.17) is 0 Å². The Morgan fingerprint density at radius 2 is 0.852 bits per heavy atom. The predicted molar refractivity (Wildman–Crippen MR) is 197 cm³/mol. The van der Waals surface area contributed by atoms with E-state index in [9.17, 15) is 55.3 Å². The third kappa shape index (κ3) is 8.27. The minimum atomic E-state index is -4.53. The Bertz CT molecular complexity index is 2600. The van der Waals surface area contributed by atoms with Crippen molar-refractivity contribution in [3.63, 3.8) is 0 Å². The predicted octanol–water partition coefficient (Wildman–Crippen LogP) is 4.98. The van der Waals surface area contributed by atoms with Crippen LogP contribution in [-0.2, 0) is 29.8 Å². The molecule has 0 aliphatic carbocycles. The van der Waals surface area contributed by atoms with E-state index in [1.54, 1.807) is 0 Å². The monoisotopic (exact) mass is 770 g/mol. The molecular weight excluding hydrogens is 745 g/mol. The number of anilines is 4. The van der Waals surface area contributed by atoms with Crippen molar-refractivity contribution in [2.24, 2.45) is 0 Å². The molecular formula is C36H26N4O12S2. The van der Waals surface area contributed by atoms with Crippen LogP contribution >= 0.6 is 0 Å². The summed E-state index contributed by atoms with van der Waals surface area (Å²) in [6.45, 7) is 0. The molecule has 0 radical (unpaired) electrons. The largest absolute Gasteiger partial charge is 0.508 e. The summed E-state index contributed by atoms with van der Waals surface area (Å²) in [5, 5.41) is 31.4. The van der Waals surface area contributed by atoms with Gasteiger partial charge in [0.15, 0.2) is 0 Å². The summed E-state index contributed by atoms with van der Waals surface area (Å²) in [4.78, 5) is 51.1. The topological polar surface area (TPSA) is 266 Å². The number of carbonyl (C=O) groups is 4. The summed E-state index contributed by atoms with van der Waals surface area (Å²) < 4.78 is 64.9. The summed E-state index contributed by atoms with van der Waals surface area (Å²) >= 11 is 0. The normalized spacial score (nSPS) is 11.5. The molecule has 0 atom stereocenters. The Morgan fingerprint density at radius 3 is 1.22 bits per heavy atom.